The predicted molar refractivity (Wildman–Crippen MR) is 110 cm³/mol. The maximum atomic E-state index is 11.9. The van der Waals surface area contributed by atoms with Gasteiger partial charge in [0.1, 0.15) is 5.75 Å². The lowest BCUT2D eigenvalue weighted by molar-refractivity contribution is -0.134. The SMILES string of the molecule is Nc1ccc(OC(=O)CCCc2ccc(N(CCCl)CCCl)cc2)cc1. The molecule has 0 aliphatic carbocycles. The molecule has 0 aliphatic rings. The van der Waals surface area contributed by atoms with E-state index < -0.39 is 0 Å². The first-order valence-electron chi connectivity index (χ1n) is 8.64. The van der Waals surface area contributed by atoms with Crippen molar-refractivity contribution < 1.29 is 9.53 Å². The third-order valence-electron chi connectivity index (χ3n) is 3.97. The Labute approximate surface area is 164 Å². The monoisotopic (exact) mass is 394 g/mol. The van der Waals surface area contributed by atoms with Gasteiger partial charge in [0.25, 0.3) is 0 Å². The number of halogens is 2. The quantitative estimate of drug-likeness (QED) is 0.279. The Morgan fingerprint density at radius 3 is 2.15 bits per heavy atom. The highest BCUT2D eigenvalue weighted by atomic mass is 35.5. The van der Waals surface area contributed by atoms with E-state index in [2.05, 4.69) is 29.2 Å². The van der Waals surface area contributed by atoms with Crippen LogP contribution in [0.1, 0.15) is 18.4 Å². The Morgan fingerprint density at radius 2 is 1.58 bits per heavy atom. The van der Waals surface area contributed by atoms with Gasteiger partial charge >= 0.3 is 5.97 Å². The minimum absolute atomic E-state index is 0.234. The lowest BCUT2D eigenvalue weighted by Crippen LogP contribution is -2.27. The largest absolute Gasteiger partial charge is 0.427 e. The van der Waals surface area contributed by atoms with E-state index in [1.165, 1.54) is 5.56 Å². The molecule has 0 unspecified atom stereocenters. The molecule has 0 saturated carbocycles. The third kappa shape index (κ3) is 6.77. The topological polar surface area (TPSA) is 55.6 Å². The molecule has 2 aromatic carbocycles. The summed E-state index contributed by atoms with van der Waals surface area (Å²) in [6.45, 7) is 1.54. The third-order valence-corrected chi connectivity index (χ3v) is 4.31. The lowest BCUT2D eigenvalue weighted by Gasteiger charge is -2.23. The first-order valence-corrected chi connectivity index (χ1v) is 9.71. The molecule has 140 valence electrons. The molecule has 0 saturated heterocycles. The molecule has 0 radical (unpaired) electrons. The smallest absolute Gasteiger partial charge is 0.311 e. The normalized spacial score (nSPS) is 10.5. The number of ether oxygens (including phenoxy) is 1. The standard InChI is InChI=1S/C20H24Cl2N2O2/c21-12-14-24(15-13-22)18-8-4-16(5-9-18)2-1-3-20(25)26-19-10-6-17(23)7-11-19/h4-11H,1-3,12-15,23H2. The number of alkyl halides is 2. The average Bonchev–Trinajstić information content (AvgIpc) is 2.64. The molecule has 2 N–H and O–H groups in total. The van der Waals surface area contributed by atoms with Crippen molar-refractivity contribution >= 4 is 40.5 Å². The van der Waals surface area contributed by atoms with E-state index in [4.69, 9.17) is 33.7 Å². The minimum atomic E-state index is -0.234. The molecule has 0 heterocycles. The Morgan fingerprint density at radius 1 is 0.962 bits per heavy atom. The molecule has 6 heteroatoms. The number of esters is 1. The van der Waals surface area contributed by atoms with Gasteiger partial charge in [-0.05, 0) is 54.8 Å². The predicted octanol–water partition coefficient (Wildman–Crippen LogP) is 4.48. The van der Waals surface area contributed by atoms with E-state index in [9.17, 15) is 4.79 Å². The molecule has 0 bridgehead atoms. The van der Waals surface area contributed by atoms with E-state index in [-0.39, 0.29) is 5.97 Å². The number of nitrogens with two attached hydrogens (primary N) is 1. The van der Waals surface area contributed by atoms with Gasteiger partial charge < -0.3 is 15.4 Å². The van der Waals surface area contributed by atoms with E-state index >= 15 is 0 Å². The fourth-order valence-electron chi connectivity index (χ4n) is 2.60. The first-order chi connectivity index (χ1) is 12.6. The number of anilines is 2. The number of nitrogen functional groups attached to an aromatic ring is 1. The van der Waals surface area contributed by atoms with Crippen molar-refractivity contribution in [3.63, 3.8) is 0 Å². The van der Waals surface area contributed by atoms with E-state index in [0.29, 0.717) is 29.6 Å². The van der Waals surface area contributed by atoms with Crippen LogP contribution < -0.4 is 15.4 Å². The van der Waals surface area contributed by atoms with Gasteiger partial charge in [0.2, 0.25) is 0 Å². The van der Waals surface area contributed by atoms with Crippen LogP contribution in [0, 0.1) is 0 Å². The number of nitrogens with zero attached hydrogens (tertiary/aromatic N) is 1. The van der Waals surface area contributed by atoms with Crippen LogP contribution in [0.5, 0.6) is 5.75 Å². The van der Waals surface area contributed by atoms with Crippen LogP contribution in [0.25, 0.3) is 0 Å². The zero-order valence-electron chi connectivity index (χ0n) is 14.7. The molecule has 2 rings (SSSR count). The lowest BCUT2D eigenvalue weighted by atomic mass is 10.1. The fourth-order valence-corrected chi connectivity index (χ4v) is 3.01. The van der Waals surface area contributed by atoms with Gasteiger partial charge in [0.15, 0.2) is 0 Å². The number of benzene rings is 2. The summed E-state index contributed by atoms with van der Waals surface area (Å²) < 4.78 is 5.29. The van der Waals surface area contributed by atoms with Gasteiger partial charge in [-0.15, -0.1) is 23.2 Å². The molecule has 0 amide bonds. The summed E-state index contributed by atoms with van der Waals surface area (Å²) in [7, 11) is 0. The van der Waals surface area contributed by atoms with Crippen LogP contribution in [-0.4, -0.2) is 30.8 Å². The molecular formula is C20H24Cl2N2O2. The zero-order valence-corrected chi connectivity index (χ0v) is 16.2. The van der Waals surface area contributed by atoms with E-state index in [1.54, 1.807) is 24.3 Å². The molecule has 0 spiro atoms. The molecular weight excluding hydrogens is 371 g/mol. The van der Waals surface area contributed by atoms with Gasteiger partial charge in [0.05, 0.1) is 0 Å². The van der Waals surface area contributed by atoms with Gasteiger partial charge in [0, 0.05) is 42.6 Å². The van der Waals surface area contributed by atoms with Crippen LogP contribution in [0.2, 0.25) is 0 Å². The fraction of sp³-hybridized carbons (Fsp3) is 0.350. The molecule has 0 aliphatic heterocycles. The highest BCUT2D eigenvalue weighted by Crippen LogP contribution is 2.18. The van der Waals surface area contributed by atoms with Crippen molar-refractivity contribution in [2.75, 3.05) is 35.5 Å². The Kier molecular flexibility index (Phi) is 8.59. The second-order valence-electron chi connectivity index (χ2n) is 5.93. The number of hydrogen-bond donors (Lipinski definition) is 1. The molecule has 4 nitrogen and oxygen atoms in total. The highest BCUT2D eigenvalue weighted by molar-refractivity contribution is 6.18. The minimum Gasteiger partial charge on any atom is -0.427 e. The number of carbonyl (C=O) groups is 1. The van der Waals surface area contributed by atoms with Crippen LogP contribution in [0.15, 0.2) is 48.5 Å². The van der Waals surface area contributed by atoms with Crippen molar-refractivity contribution in [3.05, 3.63) is 54.1 Å². The van der Waals surface area contributed by atoms with Crippen LogP contribution >= 0.6 is 23.2 Å². The summed E-state index contributed by atoms with van der Waals surface area (Å²) in [5, 5.41) is 0. The van der Waals surface area contributed by atoms with Crippen molar-refractivity contribution in [3.8, 4) is 5.75 Å². The average molecular weight is 395 g/mol. The molecule has 0 fully saturated rings. The van der Waals surface area contributed by atoms with Crippen LogP contribution in [0.4, 0.5) is 11.4 Å². The maximum absolute atomic E-state index is 11.9. The maximum Gasteiger partial charge on any atom is 0.311 e. The van der Waals surface area contributed by atoms with Gasteiger partial charge in [-0.2, -0.15) is 0 Å². The van der Waals surface area contributed by atoms with Crippen LogP contribution in [0.3, 0.4) is 0 Å². The Hall–Kier alpha value is -1.91. The second-order valence-corrected chi connectivity index (χ2v) is 6.68. The number of rotatable bonds is 10. The van der Waals surface area contributed by atoms with Gasteiger partial charge in [-0.3, -0.25) is 4.79 Å². The number of hydrogen-bond acceptors (Lipinski definition) is 4. The summed E-state index contributed by atoms with van der Waals surface area (Å²) in [5.41, 5.74) is 8.55. The summed E-state index contributed by atoms with van der Waals surface area (Å²) in [6, 6.07) is 15.1. The molecule has 2 aromatic rings. The van der Waals surface area contributed by atoms with Crippen molar-refractivity contribution in [2.24, 2.45) is 0 Å². The van der Waals surface area contributed by atoms with Crippen molar-refractivity contribution in [2.45, 2.75) is 19.3 Å². The van der Waals surface area contributed by atoms with Gasteiger partial charge in [-0.25, -0.2) is 0 Å². The van der Waals surface area contributed by atoms with E-state index in [0.717, 1.165) is 31.6 Å². The Bertz CT molecular complexity index is 669. The molecule has 0 atom stereocenters. The summed E-state index contributed by atoms with van der Waals surface area (Å²) in [6.07, 6.45) is 1.93. The van der Waals surface area contributed by atoms with Gasteiger partial charge in [-0.1, -0.05) is 12.1 Å². The number of aryl methyl sites for hydroxylation is 1. The van der Waals surface area contributed by atoms with Crippen molar-refractivity contribution in [1.29, 1.82) is 0 Å². The number of carbonyl (C=O) groups excluding carboxylic acids is 1. The second kappa shape index (κ2) is 10.9. The summed E-state index contributed by atoms with van der Waals surface area (Å²) >= 11 is 11.7. The molecule has 26 heavy (non-hydrogen) atoms. The summed E-state index contributed by atoms with van der Waals surface area (Å²) in [5.74, 6) is 1.41. The van der Waals surface area contributed by atoms with E-state index in [1.807, 2.05) is 0 Å². The highest BCUT2D eigenvalue weighted by Gasteiger charge is 2.07. The zero-order chi connectivity index (χ0) is 18.8. The van der Waals surface area contributed by atoms with Crippen molar-refractivity contribution in [1.82, 2.24) is 0 Å². The Balaban J connectivity index is 1.78. The first kappa shape index (κ1) is 20.4. The molecule has 0 aromatic heterocycles. The summed E-state index contributed by atoms with van der Waals surface area (Å²) in [4.78, 5) is 14.1. The van der Waals surface area contributed by atoms with Crippen LogP contribution in [-0.2, 0) is 11.2 Å².